The lowest BCUT2D eigenvalue weighted by atomic mass is 10.0. The van der Waals surface area contributed by atoms with Crippen molar-refractivity contribution in [3.05, 3.63) is 93.8 Å². The largest absolute Gasteiger partial charge is 0.508 e. The maximum atomic E-state index is 12.9. The van der Waals surface area contributed by atoms with Crippen LogP contribution in [0.15, 0.2) is 60.7 Å². The summed E-state index contributed by atoms with van der Waals surface area (Å²) in [5.41, 5.74) is 5.54. The van der Waals surface area contributed by atoms with Crippen LogP contribution in [-0.4, -0.2) is 20.6 Å². The number of phenols is 1. The fourth-order valence-corrected chi connectivity index (χ4v) is 4.47. The van der Waals surface area contributed by atoms with Gasteiger partial charge in [0.1, 0.15) is 11.6 Å². The Bertz CT molecular complexity index is 1290. The highest BCUT2D eigenvalue weighted by molar-refractivity contribution is 6.30. The van der Waals surface area contributed by atoms with Crippen molar-refractivity contribution in [2.45, 2.75) is 52.6 Å². The van der Waals surface area contributed by atoms with Crippen LogP contribution in [0.5, 0.6) is 5.75 Å². The van der Waals surface area contributed by atoms with Gasteiger partial charge in [0.05, 0.1) is 17.1 Å². The van der Waals surface area contributed by atoms with Gasteiger partial charge in [-0.3, -0.25) is 4.79 Å². The number of benzene rings is 3. The zero-order chi connectivity index (χ0) is 24.2. The summed E-state index contributed by atoms with van der Waals surface area (Å²) in [6.45, 7) is 6.64. The summed E-state index contributed by atoms with van der Waals surface area (Å²) in [5.74, 6) is 0.827. The molecule has 0 aliphatic carbocycles. The molecule has 0 aliphatic rings. The number of carbonyl (C=O) groups is 1. The van der Waals surface area contributed by atoms with Crippen LogP contribution in [0.1, 0.15) is 65.6 Å². The van der Waals surface area contributed by atoms with E-state index < -0.39 is 0 Å². The Kier molecular flexibility index (Phi) is 7.23. The average Bonchev–Trinajstić information content (AvgIpc) is 3.11. The molecule has 6 heteroatoms. The fraction of sp³-hybridized carbons (Fsp3) is 0.286. The van der Waals surface area contributed by atoms with E-state index in [0.29, 0.717) is 17.1 Å². The minimum absolute atomic E-state index is 0.0989. The van der Waals surface area contributed by atoms with Gasteiger partial charge < -0.3 is 15.0 Å². The highest BCUT2D eigenvalue weighted by Gasteiger charge is 2.15. The van der Waals surface area contributed by atoms with Crippen LogP contribution in [0, 0.1) is 6.92 Å². The Balaban J connectivity index is 1.49. The first-order valence-electron chi connectivity index (χ1n) is 11.7. The van der Waals surface area contributed by atoms with Gasteiger partial charge in [-0.15, -0.1) is 0 Å². The highest BCUT2D eigenvalue weighted by Crippen LogP contribution is 2.24. The molecule has 0 aliphatic heterocycles. The van der Waals surface area contributed by atoms with E-state index in [0.717, 1.165) is 34.4 Å². The van der Waals surface area contributed by atoms with Gasteiger partial charge in [0, 0.05) is 17.1 Å². The molecule has 5 nitrogen and oxygen atoms in total. The van der Waals surface area contributed by atoms with Crippen LogP contribution in [0.3, 0.4) is 0 Å². The Hall–Kier alpha value is -3.31. The van der Waals surface area contributed by atoms with Crippen molar-refractivity contribution in [3.63, 3.8) is 0 Å². The van der Waals surface area contributed by atoms with Gasteiger partial charge in [-0.2, -0.15) is 0 Å². The van der Waals surface area contributed by atoms with Crippen molar-refractivity contribution in [1.29, 1.82) is 0 Å². The molecule has 0 bridgehead atoms. The number of aryl methyl sites for hydroxylation is 2. The molecule has 1 amide bonds. The quantitative estimate of drug-likeness (QED) is 0.302. The zero-order valence-electron chi connectivity index (χ0n) is 19.8. The summed E-state index contributed by atoms with van der Waals surface area (Å²) in [4.78, 5) is 17.6. The van der Waals surface area contributed by atoms with E-state index >= 15 is 0 Å². The number of aromatic nitrogens is 2. The first kappa shape index (κ1) is 23.8. The molecule has 0 fully saturated rings. The van der Waals surface area contributed by atoms with Crippen molar-refractivity contribution >= 4 is 28.5 Å². The number of hydrogen-bond donors (Lipinski definition) is 2. The van der Waals surface area contributed by atoms with Crippen LogP contribution in [0.2, 0.25) is 5.02 Å². The van der Waals surface area contributed by atoms with Crippen LogP contribution >= 0.6 is 11.6 Å². The third-order valence-electron chi connectivity index (χ3n) is 6.13. The number of rotatable bonds is 8. The molecule has 0 saturated carbocycles. The van der Waals surface area contributed by atoms with Crippen LogP contribution in [0.25, 0.3) is 11.0 Å². The molecule has 2 N–H and O–H groups in total. The standard InChI is InChI=1S/C28H30ClN3O2/c1-4-5-6-20-7-9-22(10-8-20)18(2)30-28(34)23-11-12-27-26(15-23)31-19(3)32(27)17-21-13-24(29)16-25(33)14-21/h7-16,18,33H,4-6,17H2,1-3H3,(H,30,34)/t18-/m0/s1. The van der Waals surface area contributed by atoms with Crippen LogP contribution in [-0.2, 0) is 13.0 Å². The van der Waals surface area contributed by atoms with Gasteiger partial charge >= 0.3 is 0 Å². The second-order valence-electron chi connectivity index (χ2n) is 8.81. The van der Waals surface area contributed by atoms with Gasteiger partial charge in [0.25, 0.3) is 5.91 Å². The number of phenolic OH excluding ortho intramolecular Hbond substituents is 1. The van der Waals surface area contributed by atoms with Gasteiger partial charge in [-0.05, 0) is 79.8 Å². The van der Waals surface area contributed by atoms with Crippen LogP contribution < -0.4 is 5.32 Å². The lowest BCUT2D eigenvalue weighted by Gasteiger charge is -2.15. The number of aromatic hydroxyl groups is 1. The first-order chi connectivity index (χ1) is 16.3. The van der Waals surface area contributed by atoms with Crippen molar-refractivity contribution in [3.8, 4) is 5.75 Å². The fourth-order valence-electron chi connectivity index (χ4n) is 4.22. The number of nitrogens with one attached hydrogen (secondary N) is 1. The molecule has 0 unspecified atom stereocenters. The summed E-state index contributed by atoms with van der Waals surface area (Å²) in [6, 6.07) is 19.0. The van der Waals surface area contributed by atoms with E-state index in [1.807, 2.05) is 42.7 Å². The molecule has 0 spiro atoms. The SMILES string of the molecule is CCCCc1ccc([C@H](C)NC(=O)c2ccc3c(c2)nc(C)n3Cc2cc(O)cc(Cl)c2)cc1. The number of nitrogens with zero attached hydrogens (tertiary/aromatic N) is 2. The van der Waals surface area contributed by atoms with Crippen LogP contribution in [0.4, 0.5) is 0 Å². The maximum Gasteiger partial charge on any atom is 0.251 e. The topological polar surface area (TPSA) is 67.2 Å². The second kappa shape index (κ2) is 10.3. The Morgan fingerprint density at radius 2 is 1.85 bits per heavy atom. The van der Waals surface area contributed by atoms with Crippen molar-refractivity contribution in [1.82, 2.24) is 14.9 Å². The maximum absolute atomic E-state index is 12.9. The van der Waals surface area contributed by atoms with Crippen molar-refractivity contribution < 1.29 is 9.90 Å². The van der Waals surface area contributed by atoms with E-state index in [2.05, 4.69) is 41.5 Å². The summed E-state index contributed by atoms with van der Waals surface area (Å²) < 4.78 is 2.05. The van der Waals surface area contributed by atoms with E-state index in [-0.39, 0.29) is 17.7 Å². The molecule has 4 aromatic rings. The summed E-state index contributed by atoms with van der Waals surface area (Å²) in [7, 11) is 0. The van der Waals surface area contributed by atoms with Gasteiger partial charge in [0.15, 0.2) is 0 Å². The van der Waals surface area contributed by atoms with E-state index in [4.69, 9.17) is 11.6 Å². The third kappa shape index (κ3) is 5.42. The number of hydrogen-bond acceptors (Lipinski definition) is 3. The van der Waals surface area contributed by atoms with Crippen molar-refractivity contribution in [2.75, 3.05) is 0 Å². The van der Waals surface area contributed by atoms with E-state index in [1.54, 1.807) is 6.07 Å². The Morgan fingerprint density at radius 1 is 1.09 bits per heavy atom. The molecule has 1 aromatic heterocycles. The lowest BCUT2D eigenvalue weighted by molar-refractivity contribution is 0.0940. The molecule has 176 valence electrons. The molecule has 4 rings (SSSR count). The van der Waals surface area contributed by atoms with Crippen molar-refractivity contribution in [2.24, 2.45) is 0 Å². The summed E-state index contributed by atoms with van der Waals surface area (Å²) >= 11 is 6.09. The van der Waals surface area contributed by atoms with Gasteiger partial charge in [-0.1, -0.05) is 49.2 Å². The molecule has 0 radical (unpaired) electrons. The molecule has 1 heterocycles. The number of halogens is 1. The third-order valence-corrected chi connectivity index (χ3v) is 6.35. The number of fused-ring (bicyclic) bond motifs is 1. The summed E-state index contributed by atoms with van der Waals surface area (Å²) in [6.07, 6.45) is 3.45. The van der Waals surface area contributed by atoms with E-state index in [1.165, 1.54) is 24.5 Å². The number of carbonyl (C=O) groups excluding carboxylic acids is 1. The minimum atomic E-state index is -0.128. The predicted molar refractivity (Wildman–Crippen MR) is 138 cm³/mol. The molecule has 0 saturated heterocycles. The molecular formula is C28H30ClN3O2. The number of unbranched alkanes of at least 4 members (excludes halogenated alkanes) is 1. The van der Waals surface area contributed by atoms with Gasteiger partial charge in [0.2, 0.25) is 0 Å². The zero-order valence-corrected chi connectivity index (χ0v) is 20.6. The van der Waals surface area contributed by atoms with E-state index in [9.17, 15) is 9.90 Å². The normalized spacial score (nSPS) is 12.1. The smallest absolute Gasteiger partial charge is 0.251 e. The molecular weight excluding hydrogens is 446 g/mol. The lowest BCUT2D eigenvalue weighted by Crippen LogP contribution is -2.26. The minimum Gasteiger partial charge on any atom is -0.508 e. The summed E-state index contributed by atoms with van der Waals surface area (Å²) in [5, 5.41) is 13.4. The second-order valence-corrected chi connectivity index (χ2v) is 9.24. The number of imidazole rings is 1. The molecule has 34 heavy (non-hydrogen) atoms. The average molecular weight is 476 g/mol. The Morgan fingerprint density at radius 3 is 2.56 bits per heavy atom. The van der Waals surface area contributed by atoms with Gasteiger partial charge in [-0.25, -0.2) is 4.98 Å². The number of amides is 1. The first-order valence-corrected chi connectivity index (χ1v) is 12.1. The monoisotopic (exact) mass is 475 g/mol. The predicted octanol–water partition coefficient (Wildman–Crippen LogP) is 6.59. The molecule has 3 aromatic carbocycles. The highest BCUT2D eigenvalue weighted by atomic mass is 35.5. The molecule has 1 atom stereocenters. The Labute approximate surface area is 205 Å².